The topological polar surface area (TPSA) is 53.4 Å². The first-order valence-corrected chi connectivity index (χ1v) is 5.93. The summed E-state index contributed by atoms with van der Waals surface area (Å²) in [5.74, 6) is 0.534. The maximum Gasteiger partial charge on any atom is 0.221 e. The fourth-order valence-corrected chi connectivity index (χ4v) is 1.95. The van der Waals surface area contributed by atoms with Crippen molar-refractivity contribution < 1.29 is 9.90 Å². The molecule has 0 spiro atoms. The number of amides is 1. The summed E-state index contributed by atoms with van der Waals surface area (Å²) in [4.78, 5) is 16.7. The Kier molecular flexibility index (Phi) is 3.47. The molecule has 1 aliphatic rings. The lowest BCUT2D eigenvalue weighted by Crippen LogP contribution is -2.30. The molecule has 1 unspecified atom stereocenters. The molecule has 1 amide bonds. The third-order valence-corrected chi connectivity index (χ3v) is 3.25. The van der Waals surface area contributed by atoms with Gasteiger partial charge in [-0.05, 0) is 30.4 Å². The van der Waals surface area contributed by atoms with Crippen LogP contribution in [0.25, 0.3) is 0 Å². The third-order valence-electron chi connectivity index (χ3n) is 3.25. The molecule has 5 heteroatoms. The molecule has 1 saturated carbocycles. The van der Waals surface area contributed by atoms with Gasteiger partial charge in [0.2, 0.25) is 13.9 Å². The second-order valence-electron chi connectivity index (χ2n) is 4.69. The first-order chi connectivity index (χ1) is 8.09. The van der Waals surface area contributed by atoms with E-state index in [-0.39, 0.29) is 5.91 Å². The van der Waals surface area contributed by atoms with E-state index in [4.69, 9.17) is 0 Å². The number of hydrogen-bond acceptors (Lipinski definition) is 3. The Morgan fingerprint density at radius 2 is 2.41 bits per heavy atom. The van der Waals surface area contributed by atoms with Crippen LogP contribution in [0.15, 0.2) is 18.5 Å². The number of aliphatic hydroxyl groups excluding tert-OH is 1. The van der Waals surface area contributed by atoms with Crippen LogP contribution < -0.4 is 0 Å². The minimum Gasteiger partial charge on any atom is -0.391 e. The Morgan fingerprint density at radius 3 is 3.00 bits per heavy atom. The van der Waals surface area contributed by atoms with Crippen molar-refractivity contribution in [3.05, 3.63) is 29.6 Å². The van der Waals surface area contributed by atoms with Gasteiger partial charge in [0.25, 0.3) is 0 Å². The monoisotopic (exact) mass is 232 g/mol. The molecular weight excluding hydrogens is 215 g/mol. The average Bonchev–Trinajstić information content (AvgIpc) is 3.12. The highest BCUT2D eigenvalue weighted by atomic mass is 16.3. The largest absolute Gasteiger partial charge is 0.391 e. The molecule has 1 aliphatic carbocycles. The summed E-state index contributed by atoms with van der Waals surface area (Å²) >= 11 is 0. The molecule has 0 aromatic carbocycles. The minimum absolute atomic E-state index is 0.0408. The van der Waals surface area contributed by atoms with E-state index in [2.05, 4.69) is 4.98 Å². The van der Waals surface area contributed by atoms with Crippen LogP contribution in [0.1, 0.15) is 42.9 Å². The fourth-order valence-electron chi connectivity index (χ4n) is 1.95. The van der Waals surface area contributed by atoms with Crippen molar-refractivity contribution in [1.29, 1.82) is 0 Å². The summed E-state index contributed by atoms with van der Waals surface area (Å²) in [7, 11) is 1.69. The molecule has 17 heavy (non-hydrogen) atoms. The van der Waals surface area contributed by atoms with Crippen molar-refractivity contribution in [3.8, 4) is 0 Å². The molecule has 2 rings (SSSR count). The molecule has 1 atom stereocenters. The first-order valence-electron chi connectivity index (χ1n) is 5.93. The van der Waals surface area contributed by atoms with E-state index < -0.39 is 6.10 Å². The molecule has 0 saturated heterocycles. The van der Waals surface area contributed by atoms with E-state index >= 15 is 0 Å². The summed E-state index contributed by atoms with van der Waals surface area (Å²) in [6.07, 6.45) is 5.21. The highest BCUT2D eigenvalue weighted by Crippen LogP contribution is 2.42. The number of pyridine rings is 1. The predicted molar refractivity (Wildman–Crippen MR) is 67.1 cm³/mol. The molecule has 90 valence electrons. The van der Waals surface area contributed by atoms with E-state index in [1.807, 2.05) is 6.07 Å². The van der Waals surface area contributed by atoms with E-state index in [1.165, 1.54) is 30.1 Å². The second-order valence-corrected chi connectivity index (χ2v) is 4.69. The zero-order valence-electron chi connectivity index (χ0n) is 10.3. The van der Waals surface area contributed by atoms with Crippen LogP contribution in [-0.2, 0) is 4.79 Å². The molecule has 1 N–H and O–H groups in total. The molecule has 0 radical (unpaired) electrons. The van der Waals surface area contributed by atoms with Gasteiger partial charge in [0, 0.05) is 31.4 Å². The average molecular weight is 232 g/mol. The molecule has 0 aliphatic heterocycles. The standard InChI is InChI=1S/C12H17BN2O2/c1-8(16)15(13)7-12(17)11-6-14-5-4-10(11)9-2-3-9/h4-6,9,12,17H,2-3,7,13H2,1H3. The maximum absolute atomic E-state index is 11.1. The summed E-state index contributed by atoms with van der Waals surface area (Å²) in [6, 6.07) is 1.98. The first kappa shape index (κ1) is 12.1. The van der Waals surface area contributed by atoms with Crippen molar-refractivity contribution in [3.63, 3.8) is 0 Å². The van der Waals surface area contributed by atoms with E-state index in [0.717, 1.165) is 5.56 Å². The number of carbonyl (C=O) groups is 1. The molecule has 1 heterocycles. The molecule has 1 fully saturated rings. The SMILES string of the molecule is BN(CC(O)c1cnccc1C1CC1)C(C)=O. The van der Waals surface area contributed by atoms with Crippen molar-refractivity contribution >= 4 is 13.9 Å². The van der Waals surface area contributed by atoms with Crippen LogP contribution in [-0.4, -0.2) is 35.3 Å². The van der Waals surface area contributed by atoms with Crippen LogP contribution in [0.3, 0.4) is 0 Å². The van der Waals surface area contributed by atoms with Crippen LogP contribution in [0.5, 0.6) is 0 Å². The van der Waals surface area contributed by atoms with E-state index in [9.17, 15) is 9.90 Å². The van der Waals surface area contributed by atoms with Crippen LogP contribution in [0.2, 0.25) is 0 Å². The zero-order chi connectivity index (χ0) is 12.4. The lowest BCUT2D eigenvalue weighted by atomic mass is 10.0. The minimum atomic E-state index is -0.645. The second kappa shape index (κ2) is 4.88. The Balaban J connectivity index is 2.13. The Labute approximate surface area is 102 Å². The van der Waals surface area contributed by atoms with Crippen molar-refractivity contribution in [2.45, 2.75) is 31.8 Å². The number of nitrogens with zero attached hydrogens (tertiary/aromatic N) is 2. The highest BCUT2D eigenvalue weighted by molar-refractivity contribution is 6.13. The van der Waals surface area contributed by atoms with Gasteiger partial charge >= 0.3 is 0 Å². The summed E-state index contributed by atoms with van der Waals surface area (Å²) < 4.78 is 0. The lowest BCUT2D eigenvalue weighted by molar-refractivity contribution is -0.125. The normalized spacial score (nSPS) is 16.6. The van der Waals surface area contributed by atoms with Crippen LogP contribution >= 0.6 is 0 Å². The van der Waals surface area contributed by atoms with Crippen molar-refractivity contribution in [2.75, 3.05) is 6.54 Å². The fraction of sp³-hybridized carbons (Fsp3) is 0.500. The van der Waals surface area contributed by atoms with Gasteiger partial charge in [-0.25, -0.2) is 0 Å². The molecule has 0 bridgehead atoms. The number of aliphatic hydroxyl groups is 1. The number of carbonyl (C=O) groups excluding carboxylic acids is 1. The summed E-state index contributed by atoms with van der Waals surface area (Å²) in [6.45, 7) is 1.82. The summed E-state index contributed by atoms with van der Waals surface area (Å²) in [5, 5.41) is 10.2. The van der Waals surface area contributed by atoms with Crippen LogP contribution in [0, 0.1) is 0 Å². The molecule has 1 aromatic heterocycles. The zero-order valence-corrected chi connectivity index (χ0v) is 10.3. The molecular formula is C12H17BN2O2. The van der Waals surface area contributed by atoms with Gasteiger partial charge in [0.1, 0.15) is 0 Å². The van der Waals surface area contributed by atoms with Gasteiger partial charge in [0.15, 0.2) is 0 Å². The van der Waals surface area contributed by atoms with Gasteiger partial charge in [-0.2, -0.15) is 0 Å². The van der Waals surface area contributed by atoms with Crippen LogP contribution in [0.4, 0.5) is 0 Å². The number of aromatic nitrogens is 1. The smallest absolute Gasteiger partial charge is 0.221 e. The quantitative estimate of drug-likeness (QED) is 0.764. The number of hydrogen-bond donors (Lipinski definition) is 1. The highest BCUT2D eigenvalue weighted by Gasteiger charge is 2.28. The van der Waals surface area contributed by atoms with Gasteiger partial charge < -0.3 is 9.92 Å². The van der Waals surface area contributed by atoms with Gasteiger partial charge in [0.05, 0.1) is 6.10 Å². The Morgan fingerprint density at radius 1 is 1.71 bits per heavy atom. The van der Waals surface area contributed by atoms with Crippen molar-refractivity contribution in [1.82, 2.24) is 9.79 Å². The van der Waals surface area contributed by atoms with E-state index in [0.29, 0.717) is 12.5 Å². The summed E-state index contributed by atoms with van der Waals surface area (Å²) in [5.41, 5.74) is 2.05. The molecule has 1 aromatic rings. The Hall–Kier alpha value is -1.36. The third kappa shape index (κ3) is 2.85. The maximum atomic E-state index is 11.1. The van der Waals surface area contributed by atoms with Gasteiger partial charge in [-0.15, -0.1) is 0 Å². The van der Waals surface area contributed by atoms with Gasteiger partial charge in [-0.3, -0.25) is 9.78 Å². The number of rotatable bonds is 4. The van der Waals surface area contributed by atoms with E-state index in [1.54, 1.807) is 20.4 Å². The van der Waals surface area contributed by atoms with Gasteiger partial charge in [-0.1, -0.05) is 0 Å². The molecule has 4 nitrogen and oxygen atoms in total. The van der Waals surface area contributed by atoms with Crippen molar-refractivity contribution in [2.24, 2.45) is 0 Å². The lowest BCUT2D eigenvalue weighted by Gasteiger charge is -2.21. The Bertz CT molecular complexity index is 421. The predicted octanol–water partition coefficient (Wildman–Crippen LogP) is 0.389.